The van der Waals surface area contributed by atoms with Gasteiger partial charge in [-0.25, -0.2) is 0 Å². The van der Waals surface area contributed by atoms with Crippen LogP contribution >= 0.6 is 0 Å². The molecule has 0 bridgehead atoms. The van der Waals surface area contributed by atoms with E-state index in [9.17, 15) is 0 Å². The Morgan fingerprint density at radius 1 is 1.25 bits per heavy atom. The highest BCUT2D eigenvalue weighted by Crippen LogP contribution is 2.18. The van der Waals surface area contributed by atoms with E-state index in [0.29, 0.717) is 5.92 Å². The largest absolute Gasteiger partial charge is 0.493 e. The maximum atomic E-state index is 5.85. The molecule has 0 amide bonds. The van der Waals surface area contributed by atoms with E-state index in [1.165, 1.54) is 5.56 Å². The molecule has 16 heavy (non-hydrogen) atoms. The molecule has 0 saturated heterocycles. The fraction of sp³-hybridized carbons (Fsp3) is 0.571. The number of nitrogens with one attached hydrogen (secondary N) is 1. The average molecular weight is 221 g/mol. The van der Waals surface area contributed by atoms with Gasteiger partial charge in [0.25, 0.3) is 0 Å². The van der Waals surface area contributed by atoms with Crippen molar-refractivity contribution in [3.8, 4) is 5.75 Å². The standard InChI is InChI=1S/C14H23NO/c1-4-12(3)11-16-14-9-7-6-8-13(14)10-15-5-2/h6-9,12,15H,4-5,10-11H2,1-3H3. The van der Waals surface area contributed by atoms with Gasteiger partial charge in [0.1, 0.15) is 5.75 Å². The number of ether oxygens (including phenoxy) is 1. The third-order valence-electron chi connectivity index (χ3n) is 2.76. The van der Waals surface area contributed by atoms with Gasteiger partial charge in [-0.15, -0.1) is 0 Å². The van der Waals surface area contributed by atoms with Gasteiger partial charge >= 0.3 is 0 Å². The number of para-hydroxylation sites is 1. The van der Waals surface area contributed by atoms with E-state index >= 15 is 0 Å². The second-order valence-electron chi connectivity index (χ2n) is 4.21. The Hall–Kier alpha value is -1.02. The number of rotatable bonds is 7. The van der Waals surface area contributed by atoms with Crippen LogP contribution in [0.15, 0.2) is 24.3 Å². The number of hydrogen-bond donors (Lipinski definition) is 1. The number of benzene rings is 1. The molecule has 1 aromatic rings. The van der Waals surface area contributed by atoms with Crippen LogP contribution in [-0.4, -0.2) is 13.2 Å². The van der Waals surface area contributed by atoms with Gasteiger partial charge < -0.3 is 10.1 Å². The summed E-state index contributed by atoms with van der Waals surface area (Å²) in [6.07, 6.45) is 1.16. The second-order valence-corrected chi connectivity index (χ2v) is 4.21. The van der Waals surface area contributed by atoms with Crippen molar-refractivity contribution in [3.05, 3.63) is 29.8 Å². The van der Waals surface area contributed by atoms with Crippen molar-refractivity contribution >= 4 is 0 Å². The topological polar surface area (TPSA) is 21.3 Å². The lowest BCUT2D eigenvalue weighted by Gasteiger charge is -2.14. The lowest BCUT2D eigenvalue weighted by molar-refractivity contribution is 0.254. The van der Waals surface area contributed by atoms with Gasteiger partial charge in [0.2, 0.25) is 0 Å². The minimum Gasteiger partial charge on any atom is -0.493 e. The second kappa shape index (κ2) is 7.29. The summed E-state index contributed by atoms with van der Waals surface area (Å²) in [6, 6.07) is 8.26. The summed E-state index contributed by atoms with van der Waals surface area (Å²) in [6.45, 7) is 9.20. The highest BCUT2D eigenvalue weighted by molar-refractivity contribution is 5.33. The predicted octanol–water partition coefficient (Wildman–Crippen LogP) is 3.22. The minimum atomic E-state index is 0.618. The summed E-state index contributed by atoms with van der Waals surface area (Å²) >= 11 is 0. The summed E-state index contributed by atoms with van der Waals surface area (Å²) in [4.78, 5) is 0. The molecule has 1 unspecified atom stereocenters. The number of hydrogen-bond acceptors (Lipinski definition) is 2. The van der Waals surface area contributed by atoms with Gasteiger partial charge in [-0.1, -0.05) is 45.4 Å². The van der Waals surface area contributed by atoms with Crippen LogP contribution in [0, 0.1) is 5.92 Å². The molecule has 0 fully saturated rings. The first kappa shape index (κ1) is 13.0. The van der Waals surface area contributed by atoms with Gasteiger partial charge in [-0.2, -0.15) is 0 Å². The van der Waals surface area contributed by atoms with E-state index in [4.69, 9.17) is 4.74 Å². The van der Waals surface area contributed by atoms with Crippen LogP contribution in [0.25, 0.3) is 0 Å². The fourth-order valence-corrected chi connectivity index (χ4v) is 1.40. The van der Waals surface area contributed by atoms with Crippen molar-refractivity contribution in [2.24, 2.45) is 5.92 Å². The monoisotopic (exact) mass is 221 g/mol. The Bertz CT molecular complexity index is 299. The molecule has 2 nitrogen and oxygen atoms in total. The summed E-state index contributed by atoms with van der Waals surface area (Å²) in [5, 5.41) is 3.33. The molecule has 2 heteroatoms. The Morgan fingerprint density at radius 2 is 2.00 bits per heavy atom. The molecule has 0 aliphatic heterocycles. The van der Waals surface area contributed by atoms with Crippen LogP contribution in [0.2, 0.25) is 0 Å². The van der Waals surface area contributed by atoms with Crippen molar-refractivity contribution in [3.63, 3.8) is 0 Å². The third-order valence-corrected chi connectivity index (χ3v) is 2.76. The summed E-state index contributed by atoms with van der Waals surface area (Å²) in [7, 11) is 0. The van der Waals surface area contributed by atoms with E-state index in [0.717, 1.165) is 31.9 Å². The summed E-state index contributed by atoms with van der Waals surface area (Å²) < 4.78 is 5.85. The van der Waals surface area contributed by atoms with Crippen LogP contribution in [0.4, 0.5) is 0 Å². The Kier molecular flexibility index (Phi) is 5.94. The van der Waals surface area contributed by atoms with E-state index in [2.05, 4.69) is 44.3 Å². The van der Waals surface area contributed by atoms with Gasteiger partial charge in [-0.05, 0) is 18.5 Å². The van der Waals surface area contributed by atoms with Crippen molar-refractivity contribution in [1.82, 2.24) is 5.32 Å². The molecule has 1 rings (SSSR count). The summed E-state index contributed by atoms with van der Waals surface area (Å²) in [5.41, 5.74) is 1.24. The fourth-order valence-electron chi connectivity index (χ4n) is 1.40. The molecule has 0 heterocycles. The zero-order chi connectivity index (χ0) is 11.8. The molecule has 0 aliphatic rings. The normalized spacial score (nSPS) is 12.4. The lowest BCUT2D eigenvalue weighted by Crippen LogP contribution is -2.14. The Balaban J connectivity index is 2.56. The van der Waals surface area contributed by atoms with E-state index in [1.54, 1.807) is 0 Å². The van der Waals surface area contributed by atoms with Gasteiger partial charge in [0, 0.05) is 12.1 Å². The maximum Gasteiger partial charge on any atom is 0.123 e. The van der Waals surface area contributed by atoms with Crippen molar-refractivity contribution < 1.29 is 4.74 Å². The van der Waals surface area contributed by atoms with Crippen molar-refractivity contribution in [2.75, 3.05) is 13.2 Å². The minimum absolute atomic E-state index is 0.618. The summed E-state index contributed by atoms with van der Waals surface area (Å²) in [5.74, 6) is 1.64. The van der Waals surface area contributed by atoms with Crippen molar-refractivity contribution in [1.29, 1.82) is 0 Å². The zero-order valence-electron chi connectivity index (χ0n) is 10.6. The zero-order valence-corrected chi connectivity index (χ0v) is 10.6. The SMILES string of the molecule is CCNCc1ccccc1OCC(C)CC. The molecular weight excluding hydrogens is 198 g/mol. The quantitative estimate of drug-likeness (QED) is 0.763. The first-order valence-corrected chi connectivity index (χ1v) is 6.19. The smallest absolute Gasteiger partial charge is 0.123 e. The van der Waals surface area contributed by atoms with Crippen LogP contribution in [0.3, 0.4) is 0 Å². The van der Waals surface area contributed by atoms with Crippen LogP contribution in [-0.2, 0) is 6.54 Å². The van der Waals surface area contributed by atoms with E-state index in [1.807, 2.05) is 6.07 Å². The van der Waals surface area contributed by atoms with Crippen LogP contribution in [0.5, 0.6) is 5.75 Å². The highest BCUT2D eigenvalue weighted by Gasteiger charge is 2.04. The average Bonchev–Trinajstić information content (AvgIpc) is 2.34. The molecule has 1 N–H and O–H groups in total. The molecule has 0 spiro atoms. The van der Waals surface area contributed by atoms with Gasteiger partial charge in [-0.3, -0.25) is 0 Å². The first-order chi connectivity index (χ1) is 7.77. The van der Waals surface area contributed by atoms with Gasteiger partial charge in [0.05, 0.1) is 6.61 Å². The van der Waals surface area contributed by atoms with Gasteiger partial charge in [0.15, 0.2) is 0 Å². The van der Waals surface area contributed by atoms with E-state index in [-0.39, 0.29) is 0 Å². The first-order valence-electron chi connectivity index (χ1n) is 6.19. The van der Waals surface area contributed by atoms with Crippen LogP contribution < -0.4 is 10.1 Å². The van der Waals surface area contributed by atoms with Crippen molar-refractivity contribution in [2.45, 2.75) is 33.7 Å². The molecule has 90 valence electrons. The molecule has 1 atom stereocenters. The maximum absolute atomic E-state index is 5.85. The molecule has 0 radical (unpaired) electrons. The molecule has 0 saturated carbocycles. The van der Waals surface area contributed by atoms with E-state index < -0.39 is 0 Å². The molecule has 1 aromatic carbocycles. The predicted molar refractivity (Wildman–Crippen MR) is 68.8 cm³/mol. The molecule has 0 aliphatic carbocycles. The third kappa shape index (κ3) is 4.23. The van der Waals surface area contributed by atoms with Crippen LogP contribution in [0.1, 0.15) is 32.8 Å². The molecule has 0 aromatic heterocycles. The Morgan fingerprint density at radius 3 is 2.69 bits per heavy atom. The Labute approximate surface area is 99.0 Å². The molecular formula is C14H23NO. The lowest BCUT2D eigenvalue weighted by atomic mass is 10.1. The highest BCUT2D eigenvalue weighted by atomic mass is 16.5.